The number of alkyl halides is 3. The van der Waals surface area contributed by atoms with Gasteiger partial charge in [-0.25, -0.2) is 8.42 Å². The second-order valence-corrected chi connectivity index (χ2v) is 6.71. The quantitative estimate of drug-likeness (QED) is 0.717. The zero-order valence-electron chi connectivity index (χ0n) is 11.9. The van der Waals surface area contributed by atoms with E-state index in [1.807, 2.05) is 0 Å². The topological polar surface area (TPSA) is 73.1 Å². The SMILES string of the molecule is O=S(=O)(c1cccc(-c2cc(-c3ccccn3)no2)c1)C(F)(F)F. The van der Waals surface area contributed by atoms with Crippen LogP contribution in [0.2, 0.25) is 0 Å². The molecule has 0 radical (unpaired) electrons. The van der Waals surface area contributed by atoms with Crippen molar-refractivity contribution in [2.24, 2.45) is 0 Å². The van der Waals surface area contributed by atoms with Gasteiger partial charge in [0.1, 0.15) is 5.69 Å². The number of nitrogens with zero attached hydrogens (tertiary/aromatic N) is 2. The Labute approximate surface area is 134 Å². The molecule has 0 unspecified atom stereocenters. The molecule has 0 spiro atoms. The summed E-state index contributed by atoms with van der Waals surface area (Å²) in [7, 11) is -5.43. The van der Waals surface area contributed by atoms with Crippen molar-refractivity contribution in [3.8, 4) is 22.7 Å². The fourth-order valence-electron chi connectivity index (χ4n) is 2.00. The highest BCUT2D eigenvalue weighted by atomic mass is 32.2. The van der Waals surface area contributed by atoms with Crippen LogP contribution in [-0.4, -0.2) is 24.1 Å². The minimum Gasteiger partial charge on any atom is -0.356 e. The monoisotopic (exact) mass is 354 g/mol. The Hall–Kier alpha value is -2.68. The van der Waals surface area contributed by atoms with E-state index >= 15 is 0 Å². The molecule has 0 aliphatic rings. The van der Waals surface area contributed by atoms with Crippen LogP contribution in [0.15, 0.2) is 64.1 Å². The van der Waals surface area contributed by atoms with E-state index in [1.54, 1.807) is 24.4 Å². The molecule has 1 aromatic carbocycles. The van der Waals surface area contributed by atoms with Crippen molar-refractivity contribution < 1.29 is 26.1 Å². The van der Waals surface area contributed by atoms with E-state index in [9.17, 15) is 21.6 Å². The van der Waals surface area contributed by atoms with E-state index in [4.69, 9.17) is 4.52 Å². The Kier molecular flexibility index (Phi) is 3.88. The average molecular weight is 354 g/mol. The maximum atomic E-state index is 12.6. The van der Waals surface area contributed by atoms with Gasteiger partial charge in [-0.2, -0.15) is 13.2 Å². The lowest BCUT2D eigenvalue weighted by molar-refractivity contribution is -0.0436. The Morgan fingerprint density at radius 3 is 2.42 bits per heavy atom. The molecule has 0 fully saturated rings. The largest absolute Gasteiger partial charge is 0.501 e. The van der Waals surface area contributed by atoms with Crippen molar-refractivity contribution in [1.29, 1.82) is 0 Å². The molecule has 2 heterocycles. The summed E-state index contributed by atoms with van der Waals surface area (Å²) in [6, 6.07) is 11.0. The normalized spacial score (nSPS) is 12.3. The fourth-order valence-corrected chi connectivity index (χ4v) is 2.80. The van der Waals surface area contributed by atoms with E-state index in [-0.39, 0.29) is 11.3 Å². The molecular formula is C15H9F3N2O3S. The minimum absolute atomic E-state index is 0.134. The molecule has 0 aliphatic carbocycles. The Morgan fingerprint density at radius 1 is 0.958 bits per heavy atom. The molecule has 5 nitrogen and oxygen atoms in total. The summed E-state index contributed by atoms with van der Waals surface area (Å²) in [5.41, 5.74) is -4.30. The molecule has 0 saturated carbocycles. The molecule has 3 rings (SSSR count). The van der Waals surface area contributed by atoms with Crippen molar-refractivity contribution >= 4 is 9.84 Å². The molecule has 0 bridgehead atoms. The molecule has 0 saturated heterocycles. The highest BCUT2D eigenvalue weighted by Crippen LogP contribution is 2.33. The molecule has 3 aromatic rings. The highest BCUT2D eigenvalue weighted by molar-refractivity contribution is 7.92. The first-order valence-corrected chi connectivity index (χ1v) is 8.07. The molecule has 124 valence electrons. The third kappa shape index (κ3) is 2.90. The van der Waals surface area contributed by atoms with Crippen molar-refractivity contribution in [2.75, 3.05) is 0 Å². The standard InChI is InChI=1S/C15H9F3N2O3S/c16-15(17,18)24(21,22)11-5-3-4-10(8-11)14-9-13(20-23-14)12-6-1-2-7-19-12/h1-9H. The third-order valence-corrected chi connectivity index (χ3v) is 4.65. The minimum atomic E-state index is -5.43. The third-order valence-electron chi connectivity index (χ3n) is 3.17. The van der Waals surface area contributed by atoms with E-state index in [0.717, 1.165) is 12.1 Å². The van der Waals surface area contributed by atoms with Crippen molar-refractivity contribution in [1.82, 2.24) is 10.1 Å². The van der Waals surface area contributed by atoms with Gasteiger partial charge in [0.25, 0.3) is 9.84 Å². The fraction of sp³-hybridized carbons (Fsp3) is 0.0667. The number of sulfone groups is 1. The van der Waals surface area contributed by atoms with E-state index in [1.165, 1.54) is 18.2 Å². The molecule has 24 heavy (non-hydrogen) atoms. The molecular weight excluding hydrogens is 345 g/mol. The van der Waals surface area contributed by atoms with Crippen molar-refractivity contribution in [2.45, 2.75) is 10.4 Å². The molecule has 2 aromatic heterocycles. The zero-order chi connectivity index (χ0) is 17.4. The lowest BCUT2D eigenvalue weighted by Crippen LogP contribution is -2.23. The number of benzene rings is 1. The second kappa shape index (κ2) is 5.75. The number of rotatable bonds is 3. The molecule has 0 N–H and O–H groups in total. The molecule has 0 atom stereocenters. The van der Waals surface area contributed by atoms with Gasteiger partial charge in [-0.05, 0) is 24.3 Å². The van der Waals surface area contributed by atoms with E-state index in [2.05, 4.69) is 10.1 Å². The van der Waals surface area contributed by atoms with Crippen molar-refractivity contribution in [3.63, 3.8) is 0 Å². The predicted octanol–water partition coefficient (Wildman–Crippen LogP) is 3.70. The maximum Gasteiger partial charge on any atom is 0.501 e. The summed E-state index contributed by atoms with van der Waals surface area (Å²) < 4.78 is 66.0. The summed E-state index contributed by atoms with van der Waals surface area (Å²) in [5.74, 6) is 0.134. The van der Waals surface area contributed by atoms with Crippen molar-refractivity contribution in [3.05, 3.63) is 54.7 Å². The van der Waals surface area contributed by atoms with Gasteiger partial charge in [0, 0.05) is 17.8 Å². The first kappa shape index (κ1) is 16.2. The molecule has 9 heteroatoms. The lowest BCUT2D eigenvalue weighted by atomic mass is 10.1. The first-order valence-electron chi connectivity index (χ1n) is 6.59. The Balaban J connectivity index is 2.01. The van der Waals surface area contributed by atoms with Gasteiger partial charge >= 0.3 is 5.51 Å². The van der Waals surface area contributed by atoms with Crippen LogP contribution in [-0.2, 0) is 9.84 Å². The van der Waals surface area contributed by atoms with Gasteiger partial charge < -0.3 is 4.52 Å². The van der Waals surface area contributed by atoms with Gasteiger partial charge in [0.05, 0.1) is 10.6 Å². The van der Waals surface area contributed by atoms with Crippen LogP contribution in [0.4, 0.5) is 13.2 Å². The van der Waals surface area contributed by atoms with Crippen LogP contribution in [0, 0.1) is 0 Å². The Morgan fingerprint density at radius 2 is 1.75 bits per heavy atom. The summed E-state index contributed by atoms with van der Waals surface area (Å²) in [5, 5.41) is 3.79. The number of halogens is 3. The smallest absolute Gasteiger partial charge is 0.356 e. The van der Waals surface area contributed by atoms with Crippen LogP contribution in [0.25, 0.3) is 22.7 Å². The average Bonchev–Trinajstić information content (AvgIpc) is 3.05. The summed E-state index contributed by atoms with van der Waals surface area (Å²) in [4.78, 5) is 3.22. The zero-order valence-corrected chi connectivity index (χ0v) is 12.7. The summed E-state index contributed by atoms with van der Waals surface area (Å²) in [6.45, 7) is 0. The van der Waals surface area contributed by atoms with Gasteiger partial charge in [-0.1, -0.05) is 23.4 Å². The maximum absolute atomic E-state index is 12.6. The lowest BCUT2D eigenvalue weighted by Gasteiger charge is -2.08. The first-order chi connectivity index (χ1) is 11.3. The number of aromatic nitrogens is 2. The van der Waals surface area contributed by atoms with E-state index < -0.39 is 20.2 Å². The van der Waals surface area contributed by atoms with Crippen LogP contribution in [0.3, 0.4) is 0 Å². The number of hydrogen-bond acceptors (Lipinski definition) is 5. The Bertz CT molecular complexity index is 967. The molecule has 0 aliphatic heterocycles. The van der Waals surface area contributed by atoms with Gasteiger partial charge in [0.2, 0.25) is 0 Å². The predicted molar refractivity (Wildman–Crippen MR) is 78.4 cm³/mol. The van der Waals surface area contributed by atoms with Crippen LogP contribution >= 0.6 is 0 Å². The van der Waals surface area contributed by atoms with E-state index in [0.29, 0.717) is 11.4 Å². The van der Waals surface area contributed by atoms with Crippen LogP contribution in [0.1, 0.15) is 0 Å². The van der Waals surface area contributed by atoms with Crippen LogP contribution < -0.4 is 0 Å². The number of pyridine rings is 1. The molecule has 0 amide bonds. The number of hydrogen-bond donors (Lipinski definition) is 0. The van der Waals surface area contributed by atoms with Gasteiger partial charge in [-0.3, -0.25) is 4.98 Å². The van der Waals surface area contributed by atoms with Gasteiger partial charge in [0.15, 0.2) is 5.76 Å². The second-order valence-electron chi connectivity index (χ2n) is 4.77. The summed E-state index contributed by atoms with van der Waals surface area (Å²) in [6.07, 6.45) is 1.56. The highest BCUT2D eigenvalue weighted by Gasteiger charge is 2.46. The van der Waals surface area contributed by atoms with Gasteiger partial charge in [-0.15, -0.1) is 0 Å². The van der Waals surface area contributed by atoms with Crippen LogP contribution in [0.5, 0.6) is 0 Å². The summed E-state index contributed by atoms with van der Waals surface area (Å²) >= 11 is 0.